The molecule has 1 N–H and O–H groups in total. The van der Waals surface area contributed by atoms with E-state index in [4.69, 9.17) is 4.98 Å². The minimum absolute atomic E-state index is 0.00598. The number of ketones is 1. The number of thiophene rings is 1. The summed E-state index contributed by atoms with van der Waals surface area (Å²) in [5.74, 6) is -0.123. The third-order valence-electron chi connectivity index (χ3n) is 6.16. The Kier molecular flexibility index (Phi) is 7.34. The number of carbonyl (C=O) groups excluding carboxylic acids is 2. The van der Waals surface area contributed by atoms with Gasteiger partial charge in [-0.1, -0.05) is 37.2 Å². The summed E-state index contributed by atoms with van der Waals surface area (Å²) in [7, 11) is 0. The summed E-state index contributed by atoms with van der Waals surface area (Å²) < 4.78 is 1.77. The van der Waals surface area contributed by atoms with Gasteiger partial charge in [0.25, 0.3) is 5.56 Å². The van der Waals surface area contributed by atoms with Crippen LogP contribution in [-0.2, 0) is 17.6 Å². The van der Waals surface area contributed by atoms with Crippen LogP contribution in [0.25, 0.3) is 10.2 Å². The van der Waals surface area contributed by atoms with E-state index in [-0.39, 0.29) is 29.0 Å². The van der Waals surface area contributed by atoms with E-state index in [1.165, 1.54) is 35.5 Å². The first kappa shape index (κ1) is 23.7. The van der Waals surface area contributed by atoms with Crippen LogP contribution in [-0.4, -0.2) is 27.0 Å². The number of amides is 1. The number of fused-ring (bicyclic) bond motifs is 3. The molecule has 0 unspecified atom stereocenters. The number of hydrogen-bond donors (Lipinski definition) is 1. The number of anilines is 1. The molecule has 174 valence electrons. The number of thioether (sulfide) groups is 1. The molecule has 6 nitrogen and oxygen atoms in total. The molecule has 1 amide bonds. The number of nitrogens with zero attached hydrogens (tertiary/aromatic N) is 2. The van der Waals surface area contributed by atoms with Gasteiger partial charge in [0.1, 0.15) is 4.83 Å². The molecule has 8 heteroatoms. The topological polar surface area (TPSA) is 81.1 Å². The molecule has 1 aliphatic rings. The number of carbonyl (C=O) groups is 2. The summed E-state index contributed by atoms with van der Waals surface area (Å²) in [6.07, 6.45) is 6.24. The normalized spacial score (nSPS) is 14.5. The van der Waals surface area contributed by atoms with Crippen LogP contribution in [0, 0.1) is 0 Å². The van der Waals surface area contributed by atoms with Gasteiger partial charge in [-0.25, -0.2) is 4.98 Å². The highest BCUT2D eigenvalue weighted by Gasteiger charge is 2.23. The Bertz CT molecular complexity index is 1260. The Morgan fingerprint density at radius 2 is 2.03 bits per heavy atom. The lowest BCUT2D eigenvalue weighted by Crippen LogP contribution is -2.27. The fourth-order valence-electron chi connectivity index (χ4n) is 4.19. The maximum Gasteiger partial charge on any atom is 0.263 e. The first-order valence-electron chi connectivity index (χ1n) is 11.5. The summed E-state index contributed by atoms with van der Waals surface area (Å²) in [5, 5.41) is 4.22. The molecular weight excluding hydrogens is 454 g/mol. The molecule has 33 heavy (non-hydrogen) atoms. The SMILES string of the molecule is CC[C@H](C)n1c(SCC(=O)Nc2cccc(C(C)=O)c2)nc2sc3c(c2c1=O)CCCCC3. The zero-order valence-corrected chi connectivity index (χ0v) is 20.9. The fourth-order valence-corrected chi connectivity index (χ4v) is 6.39. The van der Waals surface area contributed by atoms with Gasteiger partial charge < -0.3 is 5.32 Å². The van der Waals surface area contributed by atoms with Crippen LogP contribution >= 0.6 is 23.1 Å². The quantitative estimate of drug-likeness (QED) is 0.204. The van der Waals surface area contributed by atoms with Gasteiger partial charge >= 0.3 is 0 Å². The molecule has 3 aromatic rings. The third-order valence-corrected chi connectivity index (χ3v) is 8.29. The maximum atomic E-state index is 13.6. The van der Waals surface area contributed by atoms with Crippen LogP contribution in [0.5, 0.6) is 0 Å². The Hall–Kier alpha value is -2.45. The van der Waals surface area contributed by atoms with Crippen molar-refractivity contribution in [2.24, 2.45) is 0 Å². The number of hydrogen-bond acceptors (Lipinski definition) is 6. The van der Waals surface area contributed by atoms with Crippen molar-refractivity contribution in [1.82, 2.24) is 9.55 Å². The monoisotopic (exact) mass is 483 g/mol. The molecular formula is C25H29N3O3S2. The molecule has 0 saturated heterocycles. The van der Waals surface area contributed by atoms with Crippen LogP contribution in [0.4, 0.5) is 5.69 Å². The zero-order valence-electron chi connectivity index (χ0n) is 19.3. The number of benzene rings is 1. The van der Waals surface area contributed by atoms with Crippen LogP contribution in [0.1, 0.15) is 73.3 Å². The summed E-state index contributed by atoms with van der Waals surface area (Å²) in [6.45, 7) is 5.58. The maximum absolute atomic E-state index is 13.6. The van der Waals surface area contributed by atoms with Gasteiger partial charge in [0.15, 0.2) is 10.9 Å². The number of nitrogens with one attached hydrogen (secondary N) is 1. The highest BCUT2D eigenvalue weighted by Crippen LogP contribution is 2.34. The summed E-state index contributed by atoms with van der Waals surface area (Å²) in [4.78, 5) is 44.8. The van der Waals surface area contributed by atoms with E-state index >= 15 is 0 Å². The molecule has 1 aliphatic carbocycles. The van der Waals surface area contributed by atoms with Gasteiger partial charge in [0, 0.05) is 22.2 Å². The standard InChI is InChI=1S/C25H29N3O3S2/c1-4-15(2)28-24(31)22-19-11-6-5-7-12-20(19)33-23(22)27-25(28)32-14-21(30)26-18-10-8-9-17(13-18)16(3)29/h8-10,13,15H,4-7,11-12,14H2,1-3H3,(H,26,30)/t15-/m0/s1. The molecule has 1 atom stereocenters. The van der Waals surface area contributed by atoms with E-state index in [2.05, 4.69) is 12.2 Å². The van der Waals surface area contributed by atoms with Crippen LogP contribution in [0.2, 0.25) is 0 Å². The van der Waals surface area contributed by atoms with Crippen molar-refractivity contribution in [1.29, 1.82) is 0 Å². The second-order valence-electron chi connectivity index (χ2n) is 8.55. The average molecular weight is 484 g/mol. The molecule has 0 saturated carbocycles. The molecule has 0 aliphatic heterocycles. The number of aromatic nitrogens is 2. The largest absolute Gasteiger partial charge is 0.325 e. The van der Waals surface area contributed by atoms with E-state index in [0.29, 0.717) is 16.4 Å². The Balaban J connectivity index is 1.61. The number of rotatable bonds is 7. The van der Waals surface area contributed by atoms with Crippen LogP contribution < -0.4 is 10.9 Å². The smallest absolute Gasteiger partial charge is 0.263 e. The lowest BCUT2D eigenvalue weighted by atomic mass is 10.1. The van der Waals surface area contributed by atoms with E-state index in [1.807, 2.05) is 6.92 Å². The minimum atomic E-state index is -0.201. The van der Waals surface area contributed by atoms with E-state index < -0.39 is 0 Å². The Morgan fingerprint density at radius 3 is 2.79 bits per heavy atom. The van der Waals surface area contributed by atoms with Gasteiger partial charge in [0.05, 0.1) is 11.1 Å². The fraction of sp³-hybridized carbons (Fsp3) is 0.440. The minimum Gasteiger partial charge on any atom is -0.325 e. The summed E-state index contributed by atoms with van der Waals surface area (Å²) in [5.41, 5.74) is 2.35. The van der Waals surface area contributed by atoms with Gasteiger partial charge in [-0.05, 0) is 63.6 Å². The summed E-state index contributed by atoms with van der Waals surface area (Å²) >= 11 is 2.93. The molecule has 0 bridgehead atoms. The Morgan fingerprint density at radius 1 is 1.24 bits per heavy atom. The third kappa shape index (κ3) is 5.06. The molecule has 0 spiro atoms. The molecule has 1 aromatic carbocycles. The van der Waals surface area contributed by atoms with Crippen molar-refractivity contribution in [2.45, 2.75) is 70.5 Å². The van der Waals surface area contributed by atoms with Gasteiger partial charge in [-0.15, -0.1) is 11.3 Å². The van der Waals surface area contributed by atoms with E-state index in [0.717, 1.165) is 42.3 Å². The van der Waals surface area contributed by atoms with Crippen molar-refractivity contribution < 1.29 is 9.59 Å². The predicted octanol–water partition coefficient (Wildman–Crippen LogP) is 5.63. The second kappa shape index (κ2) is 10.2. The highest BCUT2D eigenvalue weighted by molar-refractivity contribution is 7.99. The van der Waals surface area contributed by atoms with Crippen molar-refractivity contribution in [3.8, 4) is 0 Å². The second-order valence-corrected chi connectivity index (χ2v) is 10.6. The van der Waals surface area contributed by atoms with E-state index in [1.54, 1.807) is 40.2 Å². The number of Topliss-reactive ketones (excluding diaryl/α,β-unsaturated/α-hetero) is 1. The average Bonchev–Trinajstić information content (AvgIpc) is 2.98. The zero-order chi connectivity index (χ0) is 23.5. The van der Waals surface area contributed by atoms with Gasteiger partial charge in [0.2, 0.25) is 5.91 Å². The molecule has 0 fully saturated rings. The highest BCUT2D eigenvalue weighted by atomic mass is 32.2. The molecule has 0 radical (unpaired) electrons. The molecule has 2 heterocycles. The van der Waals surface area contributed by atoms with Crippen molar-refractivity contribution in [3.05, 3.63) is 50.6 Å². The number of aryl methyl sites for hydroxylation is 2. The van der Waals surface area contributed by atoms with Crippen molar-refractivity contribution in [3.63, 3.8) is 0 Å². The summed E-state index contributed by atoms with van der Waals surface area (Å²) in [6, 6.07) is 6.89. The van der Waals surface area contributed by atoms with Crippen LogP contribution in [0.15, 0.2) is 34.2 Å². The first-order chi connectivity index (χ1) is 15.9. The Labute approximate surface area is 201 Å². The lowest BCUT2D eigenvalue weighted by molar-refractivity contribution is -0.113. The molecule has 4 rings (SSSR count). The predicted molar refractivity (Wildman–Crippen MR) is 136 cm³/mol. The lowest BCUT2D eigenvalue weighted by Gasteiger charge is -2.17. The molecule has 2 aromatic heterocycles. The van der Waals surface area contributed by atoms with Crippen LogP contribution in [0.3, 0.4) is 0 Å². The van der Waals surface area contributed by atoms with Crippen molar-refractivity contribution >= 4 is 50.7 Å². The van der Waals surface area contributed by atoms with Gasteiger partial charge in [-0.3, -0.25) is 19.0 Å². The van der Waals surface area contributed by atoms with Crippen molar-refractivity contribution in [2.75, 3.05) is 11.1 Å². The van der Waals surface area contributed by atoms with E-state index in [9.17, 15) is 14.4 Å². The first-order valence-corrected chi connectivity index (χ1v) is 13.3. The van der Waals surface area contributed by atoms with Gasteiger partial charge in [-0.2, -0.15) is 0 Å².